The lowest BCUT2D eigenvalue weighted by Crippen LogP contribution is -2.35. The fourth-order valence-electron chi connectivity index (χ4n) is 3.12. The molecule has 1 aromatic rings. The molecular formula is C19H31N3O. The summed E-state index contributed by atoms with van der Waals surface area (Å²) < 4.78 is 0. The summed E-state index contributed by atoms with van der Waals surface area (Å²) in [5.74, 6) is 0.198. The number of ketones is 1. The molecule has 2 N–H and O–H groups in total. The SMILES string of the molecule is CCN(CC)CCCCNC(C)C(=O)c1ccc2c(c1)CCN2. The van der Waals surface area contributed by atoms with Crippen LogP contribution in [0.2, 0.25) is 0 Å². The molecule has 0 fully saturated rings. The molecule has 1 aliphatic heterocycles. The Balaban J connectivity index is 1.73. The van der Waals surface area contributed by atoms with Crippen LogP contribution in [-0.4, -0.2) is 49.4 Å². The minimum absolute atomic E-state index is 0.115. The number of hydrogen-bond donors (Lipinski definition) is 2. The normalized spacial score (nSPS) is 14.6. The third-order valence-corrected chi connectivity index (χ3v) is 4.74. The lowest BCUT2D eigenvalue weighted by atomic mass is 10.0. The van der Waals surface area contributed by atoms with Crippen LogP contribution >= 0.6 is 0 Å². The molecule has 0 bridgehead atoms. The standard InChI is InChI=1S/C19H31N3O/c1-4-22(5-2)13-7-6-11-20-15(3)19(23)17-8-9-18-16(14-17)10-12-21-18/h8-9,14-15,20-21H,4-7,10-13H2,1-3H3. The van der Waals surface area contributed by atoms with Gasteiger partial charge in [-0.2, -0.15) is 0 Å². The summed E-state index contributed by atoms with van der Waals surface area (Å²) in [5, 5.41) is 6.71. The van der Waals surface area contributed by atoms with E-state index in [0.29, 0.717) is 0 Å². The van der Waals surface area contributed by atoms with E-state index in [2.05, 4.69) is 35.4 Å². The molecule has 0 saturated heterocycles. The topological polar surface area (TPSA) is 44.4 Å². The lowest BCUT2D eigenvalue weighted by Gasteiger charge is -2.18. The van der Waals surface area contributed by atoms with Crippen molar-refractivity contribution in [3.8, 4) is 0 Å². The molecule has 1 atom stereocenters. The molecule has 0 amide bonds. The van der Waals surface area contributed by atoms with E-state index in [0.717, 1.165) is 51.1 Å². The van der Waals surface area contributed by atoms with Crippen LogP contribution in [0.5, 0.6) is 0 Å². The average Bonchev–Trinajstić information content (AvgIpc) is 3.04. The van der Waals surface area contributed by atoms with Gasteiger partial charge in [-0.1, -0.05) is 13.8 Å². The van der Waals surface area contributed by atoms with Gasteiger partial charge >= 0.3 is 0 Å². The third-order valence-electron chi connectivity index (χ3n) is 4.74. The van der Waals surface area contributed by atoms with Crippen LogP contribution in [0.25, 0.3) is 0 Å². The molecule has 4 nitrogen and oxygen atoms in total. The molecule has 0 spiro atoms. The van der Waals surface area contributed by atoms with Gasteiger partial charge < -0.3 is 15.5 Å². The molecule has 4 heteroatoms. The van der Waals surface area contributed by atoms with Crippen molar-refractivity contribution in [3.05, 3.63) is 29.3 Å². The number of nitrogens with one attached hydrogen (secondary N) is 2. The first kappa shape index (κ1) is 18.0. The molecular weight excluding hydrogens is 286 g/mol. The Morgan fingerprint density at radius 3 is 2.83 bits per heavy atom. The van der Waals surface area contributed by atoms with Gasteiger partial charge in [-0.3, -0.25) is 4.79 Å². The average molecular weight is 317 g/mol. The zero-order chi connectivity index (χ0) is 16.7. The first-order valence-electron chi connectivity index (χ1n) is 9.02. The summed E-state index contributed by atoms with van der Waals surface area (Å²) in [4.78, 5) is 15.0. The molecule has 0 saturated carbocycles. The Morgan fingerprint density at radius 2 is 2.09 bits per heavy atom. The maximum atomic E-state index is 12.5. The van der Waals surface area contributed by atoms with E-state index in [1.54, 1.807) is 0 Å². The second kappa shape index (κ2) is 9.04. The second-order valence-electron chi connectivity index (χ2n) is 6.32. The van der Waals surface area contributed by atoms with E-state index in [-0.39, 0.29) is 11.8 Å². The first-order valence-corrected chi connectivity index (χ1v) is 9.02. The van der Waals surface area contributed by atoms with Gasteiger partial charge in [0.1, 0.15) is 0 Å². The number of fused-ring (bicyclic) bond motifs is 1. The van der Waals surface area contributed by atoms with E-state index < -0.39 is 0 Å². The molecule has 1 aromatic carbocycles. The van der Waals surface area contributed by atoms with Crippen molar-refractivity contribution in [3.63, 3.8) is 0 Å². The summed E-state index contributed by atoms with van der Waals surface area (Å²) in [7, 11) is 0. The smallest absolute Gasteiger partial charge is 0.179 e. The predicted octanol–water partition coefficient (Wildman–Crippen LogP) is 2.94. The van der Waals surface area contributed by atoms with E-state index in [1.165, 1.54) is 17.7 Å². The van der Waals surface area contributed by atoms with Gasteiger partial charge in [0.15, 0.2) is 5.78 Å². The lowest BCUT2D eigenvalue weighted by molar-refractivity contribution is 0.0951. The van der Waals surface area contributed by atoms with Gasteiger partial charge in [0.2, 0.25) is 0 Å². The number of benzene rings is 1. The highest BCUT2D eigenvalue weighted by molar-refractivity contribution is 6.00. The first-order chi connectivity index (χ1) is 11.2. The molecule has 128 valence electrons. The Kier molecular flexibility index (Phi) is 7.06. The van der Waals surface area contributed by atoms with Gasteiger partial charge in [-0.05, 0) is 76.1 Å². The highest BCUT2D eigenvalue weighted by atomic mass is 16.1. The minimum atomic E-state index is -0.115. The molecule has 1 unspecified atom stereocenters. The quantitative estimate of drug-likeness (QED) is 0.514. The van der Waals surface area contributed by atoms with Crippen molar-refractivity contribution in [1.82, 2.24) is 10.2 Å². The number of carbonyl (C=O) groups is 1. The summed E-state index contributed by atoms with van der Waals surface area (Å²) in [5.41, 5.74) is 3.27. The third kappa shape index (κ3) is 5.05. The van der Waals surface area contributed by atoms with E-state index >= 15 is 0 Å². The van der Waals surface area contributed by atoms with Crippen LogP contribution in [0, 0.1) is 0 Å². The molecule has 1 heterocycles. The summed E-state index contributed by atoms with van der Waals surface area (Å²) >= 11 is 0. The number of hydrogen-bond acceptors (Lipinski definition) is 4. The minimum Gasteiger partial charge on any atom is -0.384 e. The van der Waals surface area contributed by atoms with Crippen molar-refractivity contribution >= 4 is 11.5 Å². The molecule has 0 aromatic heterocycles. The van der Waals surface area contributed by atoms with Crippen LogP contribution in [0.3, 0.4) is 0 Å². The number of rotatable bonds is 10. The number of unbranched alkanes of at least 4 members (excludes halogenated alkanes) is 1. The Hall–Kier alpha value is -1.39. The maximum absolute atomic E-state index is 12.5. The fraction of sp³-hybridized carbons (Fsp3) is 0.632. The van der Waals surface area contributed by atoms with Gasteiger partial charge in [-0.15, -0.1) is 0 Å². The van der Waals surface area contributed by atoms with Crippen molar-refractivity contribution in [2.24, 2.45) is 0 Å². The van der Waals surface area contributed by atoms with Crippen molar-refractivity contribution in [2.45, 2.75) is 46.1 Å². The van der Waals surface area contributed by atoms with Crippen molar-refractivity contribution in [2.75, 3.05) is 38.0 Å². The molecule has 2 rings (SSSR count). The predicted molar refractivity (Wildman–Crippen MR) is 97.5 cm³/mol. The zero-order valence-electron chi connectivity index (χ0n) is 14.8. The number of nitrogens with zero attached hydrogens (tertiary/aromatic N) is 1. The van der Waals surface area contributed by atoms with Crippen LogP contribution in [0.15, 0.2) is 18.2 Å². The van der Waals surface area contributed by atoms with Gasteiger partial charge in [-0.25, -0.2) is 0 Å². The van der Waals surface area contributed by atoms with Crippen LogP contribution in [-0.2, 0) is 6.42 Å². The molecule has 1 aliphatic rings. The zero-order valence-corrected chi connectivity index (χ0v) is 14.8. The van der Waals surface area contributed by atoms with Crippen molar-refractivity contribution < 1.29 is 4.79 Å². The van der Waals surface area contributed by atoms with Gasteiger partial charge in [0, 0.05) is 17.8 Å². The van der Waals surface area contributed by atoms with Gasteiger partial charge in [0.05, 0.1) is 6.04 Å². The van der Waals surface area contributed by atoms with Crippen LogP contribution < -0.4 is 10.6 Å². The van der Waals surface area contributed by atoms with E-state index in [1.807, 2.05) is 19.1 Å². The van der Waals surface area contributed by atoms with E-state index in [4.69, 9.17) is 0 Å². The maximum Gasteiger partial charge on any atom is 0.179 e. The molecule has 0 radical (unpaired) electrons. The largest absolute Gasteiger partial charge is 0.384 e. The Bertz CT molecular complexity index is 511. The number of carbonyl (C=O) groups excluding carboxylic acids is 1. The summed E-state index contributed by atoms with van der Waals surface area (Å²) in [6.07, 6.45) is 3.31. The second-order valence-corrected chi connectivity index (χ2v) is 6.32. The molecule has 23 heavy (non-hydrogen) atoms. The van der Waals surface area contributed by atoms with E-state index in [9.17, 15) is 4.79 Å². The number of Topliss-reactive ketones (excluding diaryl/α,β-unsaturated/α-hetero) is 1. The Labute approximate surface area is 140 Å². The highest BCUT2D eigenvalue weighted by Gasteiger charge is 2.17. The fourth-order valence-corrected chi connectivity index (χ4v) is 3.12. The van der Waals surface area contributed by atoms with Crippen LogP contribution in [0.1, 0.15) is 49.5 Å². The van der Waals surface area contributed by atoms with Crippen molar-refractivity contribution in [1.29, 1.82) is 0 Å². The molecule has 0 aliphatic carbocycles. The highest BCUT2D eigenvalue weighted by Crippen LogP contribution is 2.23. The summed E-state index contributed by atoms with van der Waals surface area (Å²) in [6.45, 7) is 11.6. The number of anilines is 1. The Morgan fingerprint density at radius 1 is 1.30 bits per heavy atom. The van der Waals surface area contributed by atoms with Crippen LogP contribution in [0.4, 0.5) is 5.69 Å². The summed E-state index contributed by atoms with van der Waals surface area (Å²) in [6, 6.07) is 5.91. The van der Waals surface area contributed by atoms with Gasteiger partial charge in [0.25, 0.3) is 0 Å². The monoisotopic (exact) mass is 317 g/mol.